The van der Waals surface area contributed by atoms with Gasteiger partial charge in [0.25, 0.3) is 0 Å². The van der Waals surface area contributed by atoms with Gasteiger partial charge in [-0.05, 0) is 55.7 Å². The van der Waals surface area contributed by atoms with Gasteiger partial charge in [0.15, 0.2) is 0 Å². The summed E-state index contributed by atoms with van der Waals surface area (Å²) in [6.45, 7) is 9.20. The molecular weight excluding hydrogens is 348 g/mol. The Hall–Kier alpha value is -3.54. The molecule has 0 atom stereocenters. The predicted molar refractivity (Wildman–Crippen MR) is 104 cm³/mol. The average Bonchev–Trinajstić information content (AvgIpc) is 2.60. The van der Waals surface area contributed by atoms with Crippen LogP contribution in [0.4, 0.5) is 0 Å². The summed E-state index contributed by atoms with van der Waals surface area (Å²) in [6, 6.07) is 14.3. The van der Waals surface area contributed by atoms with Gasteiger partial charge in [0, 0.05) is 11.1 Å². The van der Waals surface area contributed by atoms with Crippen LogP contribution in [0.25, 0.3) is 0 Å². The summed E-state index contributed by atoms with van der Waals surface area (Å²) >= 11 is 0. The largest absolute Gasteiger partial charge is 0.508 e. The zero-order valence-corrected chi connectivity index (χ0v) is 15.3. The summed E-state index contributed by atoms with van der Waals surface area (Å²) in [5.41, 5.74) is 2.63. The normalized spacial score (nSPS) is 8.96. The van der Waals surface area contributed by atoms with Crippen LogP contribution in [0.5, 0.6) is 11.5 Å². The minimum Gasteiger partial charge on any atom is -0.508 e. The molecule has 0 amide bonds. The highest BCUT2D eigenvalue weighted by molar-refractivity contribution is 5.85. The first kappa shape index (κ1) is 23.5. The van der Waals surface area contributed by atoms with Crippen molar-refractivity contribution >= 4 is 11.9 Å². The molecule has 0 spiro atoms. The van der Waals surface area contributed by atoms with E-state index in [1.165, 1.54) is 13.8 Å². The van der Waals surface area contributed by atoms with Crippen LogP contribution in [0.3, 0.4) is 0 Å². The first-order valence-electron chi connectivity index (χ1n) is 7.86. The monoisotopic (exact) mass is 372 g/mol. The molecule has 0 bridgehead atoms. The Morgan fingerprint density at radius 1 is 0.704 bits per heavy atom. The van der Waals surface area contributed by atoms with Crippen molar-refractivity contribution in [1.29, 1.82) is 0 Å². The van der Waals surface area contributed by atoms with Crippen molar-refractivity contribution in [1.82, 2.24) is 0 Å². The molecule has 0 aliphatic carbocycles. The minimum absolute atomic E-state index is 0.176. The maximum atomic E-state index is 9.60. The highest BCUT2D eigenvalue weighted by Crippen LogP contribution is 2.16. The van der Waals surface area contributed by atoms with Crippen molar-refractivity contribution < 1.29 is 30.0 Å². The van der Waals surface area contributed by atoms with Gasteiger partial charge >= 0.3 is 11.9 Å². The lowest BCUT2D eigenvalue weighted by Crippen LogP contribution is -1.92. The predicted octanol–water partition coefficient (Wildman–Crippen LogP) is 3.98. The first-order valence-corrected chi connectivity index (χ1v) is 7.86. The van der Waals surface area contributed by atoms with E-state index in [-0.39, 0.29) is 22.6 Å². The third-order valence-electron chi connectivity index (χ3n) is 3.01. The Labute approximate surface area is 158 Å². The Kier molecular flexibility index (Phi) is 10.4. The highest BCUT2D eigenvalue weighted by Gasteiger charge is 1.96. The van der Waals surface area contributed by atoms with Crippen molar-refractivity contribution in [3.05, 3.63) is 84.0 Å². The van der Waals surface area contributed by atoms with Gasteiger partial charge in [-0.2, -0.15) is 0 Å². The average molecular weight is 372 g/mol. The SMILES string of the molecule is C=C(C)C(=O)O.C=C(C)C(=O)O.Oc1ccc(Cc2ccc(O)cc2)cc1. The van der Waals surface area contributed by atoms with Crippen molar-refractivity contribution in [2.75, 3.05) is 0 Å². The van der Waals surface area contributed by atoms with Crippen LogP contribution in [0.15, 0.2) is 72.8 Å². The molecule has 0 aromatic heterocycles. The van der Waals surface area contributed by atoms with Gasteiger partial charge < -0.3 is 20.4 Å². The molecule has 0 saturated carbocycles. The van der Waals surface area contributed by atoms with E-state index >= 15 is 0 Å². The molecule has 0 aliphatic rings. The van der Waals surface area contributed by atoms with E-state index in [0.29, 0.717) is 0 Å². The van der Waals surface area contributed by atoms with E-state index in [9.17, 15) is 9.59 Å². The molecule has 2 aromatic rings. The molecular formula is C21H24O6. The smallest absolute Gasteiger partial charge is 0.330 e. The maximum absolute atomic E-state index is 9.60. The molecule has 0 saturated heterocycles. The topological polar surface area (TPSA) is 115 Å². The molecule has 2 rings (SSSR count). The summed E-state index contributed by atoms with van der Waals surface area (Å²) in [5.74, 6) is -1.31. The van der Waals surface area contributed by atoms with Gasteiger partial charge in [-0.1, -0.05) is 37.4 Å². The molecule has 0 radical (unpaired) electrons. The minimum atomic E-state index is -0.935. The number of phenolic OH excluding ortho intramolecular Hbond substituents is 2. The van der Waals surface area contributed by atoms with E-state index in [1.807, 2.05) is 24.3 Å². The molecule has 0 heterocycles. The second-order valence-corrected chi connectivity index (χ2v) is 5.68. The van der Waals surface area contributed by atoms with Crippen molar-refractivity contribution in [3.8, 4) is 11.5 Å². The van der Waals surface area contributed by atoms with Crippen LogP contribution in [0, 0.1) is 0 Å². The lowest BCUT2D eigenvalue weighted by molar-refractivity contribution is -0.133. The van der Waals surface area contributed by atoms with Crippen molar-refractivity contribution in [2.24, 2.45) is 0 Å². The Morgan fingerprint density at radius 3 is 1.11 bits per heavy atom. The summed E-state index contributed by atoms with van der Waals surface area (Å²) in [5, 5.41) is 34.0. The van der Waals surface area contributed by atoms with Crippen molar-refractivity contribution in [3.63, 3.8) is 0 Å². The molecule has 6 heteroatoms. The lowest BCUT2D eigenvalue weighted by atomic mass is 10.1. The number of rotatable bonds is 4. The standard InChI is InChI=1S/C13H12O2.2C4H6O2/c14-12-5-1-10(2-6-12)9-11-3-7-13(15)8-4-11;2*1-3(2)4(5)6/h1-8,14-15H,9H2;2*1H2,2H3,(H,5,6). The Morgan fingerprint density at radius 2 is 0.926 bits per heavy atom. The zero-order valence-electron chi connectivity index (χ0n) is 15.3. The number of phenols is 2. The summed E-state index contributed by atoms with van der Waals surface area (Å²) in [7, 11) is 0. The van der Waals surface area contributed by atoms with Crippen LogP contribution in [-0.4, -0.2) is 32.4 Å². The van der Waals surface area contributed by atoms with Crippen LogP contribution in [0.2, 0.25) is 0 Å². The number of aromatic hydroxyl groups is 2. The molecule has 0 unspecified atom stereocenters. The number of hydrogen-bond donors (Lipinski definition) is 4. The van der Waals surface area contributed by atoms with Crippen LogP contribution >= 0.6 is 0 Å². The highest BCUT2D eigenvalue weighted by atomic mass is 16.4. The van der Waals surface area contributed by atoms with E-state index in [0.717, 1.165) is 17.5 Å². The van der Waals surface area contributed by atoms with E-state index in [4.69, 9.17) is 20.4 Å². The number of carbonyl (C=O) groups is 2. The van der Waals surface area contributed by atoms with Crippen LogP contribution in [0.1, 0.15) is 25.0 Å². The summed E-state index contributed by atoms with van der Waals surface area (Å²) in [4.78, 5) is 19.2. The molecule has 144 valence electrons. The van der Waals surface area contributed by atoms with Gasteiger partial charge in [-0.3, -0.25) is 0 Å². The van der Waals surface area contributed by atoms with E-state index < -0.39 is 11.9 Å². The molecule has 0 aliphatic heterocycles. The Balaban J connectivity index is 0.000000470. The first-order chi connectivity index (χ1) is 12.5. The fourth-order valence-corrected chi connectivity index (χ4v) is 1.46. The maximum Gasteiger partial charge on any atom is 0.330 e. The molecule has 2 aromatic carbocycles. The van der Waals surface area contributed by atoms with Crippen LogP contribution < -0.4 is 0 Å². The quantitative estimate of drug-likeness (QED) is 0.604. The zero-order chi connectivity index (χ0) is 21.0. The van der Waals surface area contributed by atoms with E-state index in [1.54, 1.807) is 24.3 Å². The number of carboxylic acids is 2. The number of hydrogen-bond acceptors (Lipinski definition) is 4. The van der Waals surface area contributed by atoms with Crippen LogP contribution in [-0.2, 0) is 16.0 Å². The van der Waals surface area contributed by atoms with Gasteiger partial charge in [0.05, 0.1) is 0 Å². The second kappa shape index (κ2) is 11.9. The summed E-state index contributed by atoms with van der Waals surface area (Å²) in [6.07, 6.45) is 0.806. The fraction of sp³-hybridized carbons (Fsp3) is 0.143. The number of aliphatic carboxylic acids is 2. The molecule has 6 nitrogen and oxygen atoms in total. The van der Waals surface area contributed by atoms with Crippen molar-refractivity contribution in [2.45, 2.75) is 20.3 Å². The van der Waals surface area contributed by atoms with Gasteiger partial charge in [0.1, 0.15) is 11.5 Å². The van der Waals surface area contributed by atoms with E-state index in [2.05, 4.69) is 13.2 Å². The number of carboxylic acid groups (broad SMARTS) is 2. The molecule has 0 fully saturated rings. The summed E-state index contributed by atoms with van der Waals surface area (Å²) < 4.78 is 0. The third kappa shape index (κ3) is 11.6. The second-order valence-electron chi connectivity index (χ2n) is 5.68. The Bertz CT molecular complexity index is 682. The number of benzene rings is 2. The van der Waals surface area contributed by atoms with Gasteiger partial charge in [-0.15, -0.1) is 0 Å². The lowest BCUT2D eigenvalue weighted by Gasteiger charge is -2.02. The fourth-order valence-electron chi connectivity index (χ4n) is 1.46. The third-order valence-corrected chi connectivity index (χ3v) is 3.01. The van der Waals surface area contributed by atoms with Gasteiger partial charge in [0.2, 0.25) is 0 Å². The van der Waals surface area contributed by atoms with Gasteiger partial charge in [-0.25, -0.2) is 9.59 Å². The molecule has 27 heavy (non-hydrogen) atoms. The molecule has 4 N–H and O–H groups in total.